The van der Waals surface area contributed by atoms with Crippen molar-refractivity contribution < 1.29 is 5.11 Å². The van der Waals surface area contributed by atoms with Gasteiger partial charge in [-0.15, -0.1) is 0 Å². The third kappa shape index (κ3) is 1.95. The van der Waals surface area contributed by atoms with E-state index in [0.717, 1.165) is 44.8 Å². The van der Waals surface area contributed by atoms with Gasteiger partial charge in [-0.25, -0.2) is 0 Å². The van der Waals surface area contributed by atoms with Gasteiger partial charge < -0.3 is 15.7 Å². The first-order valence-corrected chi connectivity index (χ1v) is 5.77. The maximum atomic E-state index is 9.74. The van der Waals surface area contributed by atoms with E-state index >= 15 is 0 Å². The summed E-state index contributed by atoms with van der Waals surface area (Å²) < 4.78 is 0. The first-order valence-electron chi connectivity index (χ1n) is 5.77. The SMILES string of the molecule is CN1CC2CC(O)CC(C1)C2CCN. The van der Waals surface area contributed by atoms with Gasteiger partial charge in [0.25, 0.3) is 0 Å². The second kappa shape index (κ2) is 4.17. The van der Waals surface area contributed by atoms with E-state index in [1.807, 2.05) is 0 Å². The van der Waals surface area contributed by atoms with E-state index in [4.69, 9.17) is 5.73 Å². The molecule has 0 spiro atoms. The predicted molar refractivity (Wildman–Crippen MR) is 56.9 cm³/mol. The van der Waals surface area contributed by atoms with Crippen LogP contribution in [-0.2, 0) is 0 Å². The summed E-state index contributed by atoms with van der Waals surface area (Å²) in [6.07, 6.45) is 3.08. The van der Waals surface area contributed by atoms with Crippen LogP contribution in [-0.4, -0.2) is 42.8 Å². The molecule has 2 bridgehead atoms. The zero-order valence-corrected chi connectivity index (χ0v) is 9.02. The van der Waals surface area contributed by atoms with Gasteiger partial charge in [0.15, 0.2) is 0 Å². The zero-order chi connectivity index (χ0) is 10.1. The molecule has 14 heavy (non-hydrogen) atoms. The van der Waals surface area contributed by atoms with Crippen LogP contribution in [0.3, 0.4) is 0 Å². The molecular weight excluding hydrogens is 176 g/mol. The molecule has 2 rings (SSSR count). The Morgan fingerprint density at radius 2 is 1.86 bits per heavy atom. The second-order valence-corrected chi connectivity index (χ2v) is 5.11. The Bertz CT molecular complexity index is 168. The van der Waals surface area contributed by atoms with E-state index in [1.165, 1.54) is 0 Å². The molecule has 0 radical (unpaired) electrons. The maximum Gasteiger partial charge on any atom is 0.0546 e. The van der Waals surface area contributed by atoms with Gasteiger partial charge in [-0.05, 0) is 50.6 Å². The molecule has 2 unspecified atom stereocenters. The molecule has 0 aromatic carbocycles. The van der Waals surface area contributed by atoms with E-state index in [2.05, 4.69) is 11.9 Å². The third-order valence-electron chi connectivity index (χ3n) is 3.95. The van der Waals surface area contributed by atoms with Crippen molar-refractivity contribution in [1.29, 1.82) is 0 Å². The minimum Gasteiger partial charge on any atom is -0.393 e. The molecule has 3 N–H and O–H groups in total. The first kappa shape index (κ1) is 10.4. The van der Waals surface area contributed by atoms with Crippen LogP contribution < -0.4 is 5.73 Å². The lowest BCUT2D eigenvalue weighted by atomic mass is 9.67. The van der Waals surface area contributed by atoms with Crippen molar-refractivity contribution in [2.24, 2.45) is 23.5 Å². The Labute approximate surface area is 86.3 Å². The monoisotopic (exact) mass is 198 g/mol. The average molecular weight is 198 g/mol. The number of aliphatic hydroxyl groups excluding tert-OH is 1. The Morgan fingerprint density at radius 3 is 2.36 bits per heavy atom. The minimum absolute atomic E-state index is 0.0484. The number of nitrogens with two attached hydrogens (primary N) is 1. The molecule has 82 valence electrons. The molecule has 3 nitrogen and oxygen atoms in total. The Kier molecular flexibility index (Phi) is 3.10. The van der Waals surface area contributed by atoms with Gasteiger partial charge in [0.2, 0.25) is 0 Å². The smallest absolute Gasteiger partial charge is 0.0546 e. The van der Waals surface area contributed by atoms with Gasteiger partial charge in [-0.2, -0.15) is 0 Å². The predicted octanol–water partition coefficient (Wildman–Crippen LogP) is 0.284. The van der Waals surface area contributed by atoms with Gasteiger partial charge >= 0.3 is 0 Å². The molecule has 0 aromatic heterocycles. The van der Waals surface area contributed by atoms with E-state index in [-0.39, 0.29) is 6.10 Å². The highest BCUT2D eigenvalue weighted by Crippen LogP contribution is 2.40. The molecule has 2 aliphatic rings. The molecular formula is C11H22N2O. The molecule has 2 atom stereocenters. The fourth-order valence-corrected chi connectivity index (χ4v) is 3.49. The first-order chi connectivity index (χ1) is 6.70. The number of hydrogen-bond acceptors (Lipinski definition) is 3. The van der Waals surface area contributed by atoms with Crippen LogP contribution >= 0.6 is 0 Å². The van der Waals surface area contributed by atoms with E-state index in [0.29, 0.717) is 11.8 Å². The summed E-state index contributed by atoms with van der Waals surface area (Å²) in [5.41, 5.74) is 5.66. The van der Waals surface area contributed by atoms with Gasteiger partial charge in [-0.3, -0.25) is 0 Å². The summed E-state index contributed by atoms with van der Waals surface area (Å²) in [5, 5.41) is 9.74. The molecule has 1 saturated carbocycles. The Hall–Kier alpha value is -0.120. The largest absolute Gasteiger partial charge is 0.393 e. The van der Waals surface area contributed by atoms with Crippen molar-refractivity contribution in [3.8, 4) is 0 Å². The van der Waals surface area contributed by atoms with Crippen LogP contribution in [0, 0.1) is 17.8 Å². The lowest BCUT2D eigenvalue weighted by Gasteiger charge is -2.48. The second-order valence-electron chi connectivity index (χ2n) is 5.11. The number of hydrogen-bond donors (Lipinski definition) is 2. The van der Waals surface area contributed by atoms with Gasteiger partial charge in [0.1, 0.15) is 0 Å². The highest BCUT2D eigenvalue weighted by atomic mass is 16.3. The average Bonchev–Trinajstić information content (AvgIpc) is 2.07. The van der Waals surface area contributed by atoms with Gasteiger partial charge in [0, 0.05) is 13.1 Å². The van der Waals surface area contributed by atoms with Crippen molar-refractivity contribution in [2.75, 3.05) is 26.7 Å². The Balaban J connectivity index is 2.05. The molecule has 3 heteroatoms. The van der Waals surface area contributed by atoms with Crippen molar-refractivity contribution in [3.63, 3.8) is 0 Å². The fourth-order valence-electron chi connectivity index (χ4n) is 3.49. The highest BCUT2D eigenvalue weighted by Gasteiger charge is 2.40. The summed E-state index contributed by atoms with van der Waals surface area (Å²) in [6.45, 7) is 3.11. The van der Waals surface area contributed by atoms with Crippen LogP contribution in [0.15, 0.2) is 0 Å². The quantitative estimate of drug-likeness (QED) is 0.670. The van der Waals surface area contributed by atoms with Crippen LogP contribution in [0.4, 0.5) is 0 Å². The normalized spacial score (nSPS) is 43.9. The number of aliphatic hydroxyl groups is 1. The molecule has 1 aliphatic heterocycles. The third-order valence-corrected chi connectivity index (χ3v) is 3.95. The van der Waals surface area contributed by atoms with Crippen LogP contribution in [0.5, 0.6) is 0 Å². The molecule has 1 saturated heterocycles. The number of fused-ring (bicyclic) bond motifs is 2. The van der Waals surface area contributed by atoms with Crippen molar-refractivity contribution in [2.45, 2.75) is 25.4 Å². The lowest BCUT2D eigenvalue weighted by molar-refractivity contribution is -0.0316. The topological polar surface area (TPSA) is 49.5 Å². The van der Waals surface area contributed by atoms with Gasteiger partial charge in [0.05, 0.1) is 6.10 Å². The van der Waals surface area contributed by atoms with Crippen molar-refractivity contribution >= 4 is 0 Å². The van der Waals surface area contributed by atoms with Crippen LogP contribution in [0.1, 0.15) is 19.3 Å². The zero-order valence-electron chi connectivity index (χ0n) is 9.02. The molecule has 0 amide bonds. The number of nitrogens with zero attached hydrogens (tertiary/aromatic N) is 1. The summed E-state index contributed by atoms with van der Waals surface area (Å²) in [6, 6.07) is 0. The molecule has 1 aliphatic carbocycles. The summed E-state index contributed by atoms with van der Waals surface area (Å²) in [4.78, 5) is 2.41. The summed E-state index contributed by atoms with van der Waals surface area (Å²) in [5.74, 6) is 2.15. The fraction of sp³-hybridized carbons (Fsp3) is 1.00. The highest BCUT2D eigenvalue weighted by molar-refractivity contribution is 4.92. The number of rotatable bonds is 2. The van der Waals surface area contributed by atoms with Crippen LogP contribution in [0.25, 0.3) is 0 Å². The van der Waals surface area contributed by atoms with E-state index in [9.17, 15) is 5.11 Å². The summed E-state index contributed by atoms with van der Waals surface area (Å²) in [7, 11) is 2.19. The van der Waals surface area contributed by atoms with E-state index in [1.54, 1.807) is 0 Å². The van der Waals surface area contributed by atoms with Crippen LogP contribution in [0.2, 0.25) is 0 Å². The van der Waals surface area contributed by atoms with Crippen molar-refractivity contribution in [1.82, 2.24) is 4.90 Å². The summed E-state index contributed by atoms with van der Waals surface area (Å²) >= 11 is 0. The van der Waals surface area contributed by atoms with Gasteiger partial charge in [-0.1, -0.05) is 0 Å². The standard InChI is InChI=1S/C11H22N2O/c1-13-6-8-4-10(14)5-9(7-13)11(8)2-3-12/h8-11,14H,2-7,12H2,1H3. The molecule has 1 heterocycles. The van der Waals surface area contributed by atoms with E-state index < -0.39 is 0 Å². The lowest BCUT2D eigenvalue weighted by Crippen LogP contribution is -2.50. The van der Waals surface area contributed by atoms with Crippen molar-refractivity contribution in [3.05, 3.63) is 0 Å². The molecule has 2 fully saturated rings. The number of likely N-dealkylation sites (tertiary alicyclic amines) is 1. The maximum absolute atomic E-state index is 9.74. The minimum atomic E-state index is -0.0484. The number of piperidine rings is 1. The Morgan fingerprint density at radius 1 is 1.29 bits per heavy atom. The molecule has 0 aromatic rings.